The Morgan fingerprint density at radius 2 is 2.00 bits per heavy atom. The summed E-state index contributed by atoms with van der Waals surface area (Å²) in [5.41, 5.74) is 0. The van der Waals surface area contributed by atoms with Crippen molar-refractivity contribution in [3.05, 3.63) is 0 Å². The summed E-state index contributed by atoms with van der Waals surface area (Å²) >= 11 is 0. The van der Waals surface area contributed by atoms with Crippen LogP contribution in [-0.4, -0.2) is 29.9 Å². The van der Waals surface area contributed by atoms with Gasteiger partial charge in [-0.3, -0.25) is 0 Å². The third-order valence-electron chi connectivity index (χ3n) is 0.996. The first-order valence-corrected chi connectivity index (χ1v) is 3.36. The molecule has 0 bridgehead atoms. The Balaban J connectivity index is 0. The van der Waals surface area contributed by atoms with E-state index in [-0.39, 0.29) is 6.04 Å². The highest BCUT2D eigenvalue weighted by atomic mass is 16.2. The number of isocyanates is 2. The quantitative estimate of drug-likeness (QED) is 0.384. The molecule has 0 saturated heterocycles. The van der Waals surface area contributed by atoms with Gasteiger partial charge in [-0.1, -0.05) is 0 Å². The van der Waals surface area contributed by atoms with Crippen molar-refractivity contribution < 1.29 is 14.7 Å². The first kappa shape index (κ1) is 13.6. The van der Waals surface area contributed by atoms with E-state index in [0.717, 1.165) is 6.26 Å². The van der Waals surface area contributed by atoms with Crippen molar-refractivity contribution in [2.45, 2.75) is 19.4 Å². The molecule has 0 aliphatic carbocycles. The molecule has 1 unspecified atom stereocenters. The van der Waals surface area contributed by atoms with Crippen molar-refractivity contribution in [3.8, 4) is 6.26 Å². The van der Waals surface area contributed by atoms with Gasteiger partial charge in [0, 0.05) is 0 Å². The molecule has 70 valence electrons. The second-order valence-corrected chi connectivity index (χ2v) is 1.93. The van der Waals surface area contributed by atoms with Crippen molar-refractivity contribution in [1.82, 2.24) is 0 Å². The normalized spacial score (nSPS) is 8.92. The predicted octanol–water partition coefficient (Wildman–Crippen LogP) is 0.277. The highest BCUT2D eigenvalue weighted by molar-refractivity contribution is 5.33. The largest absolute Gasteiger partial charge is 0.443 e. The summed E-state index contributed by atoms with van der Waals surface area (Å²) in [6, 6.07) is -0.102. The maximum Gasteiger partial charge on any atom is 0.283 e. The molecule has 0 radical (unpaired) electrons. The van der Waals surface area contributed by atoms with Gasteiger partial charge in [-0.2, -0.15) is 5.26 Å². The molecule has 1 atom stereocenters. The van der Waals surface area contributed by atoms with Gasteiger partial charge >= 0.3 is 0 Å². The fourth-order valence-corrected chi connectivity index (χ4v) is 0.452. The molecule has 0 amide bonds. The SMILES string of the molecule is CC(CCN=C=O)N=C=O.N#CO. The molecule has 0 aromatic rings. The number of nitrogens with zero attached hydrogens (tertiary/aromatic N) is 3. The Bertz CT molecular complexity index is 246. The lowest BCUT2D eigenvalue weighted by molar-refractivity contribution is 0.503. The zero-order chi connectivity index (χ0) is 10.5. The predicted molar refractivity (Wildman–Crippen MR) is 42.7 cm³/mol. The number of carbonyl (C=O) groups excluding carboxylic acids is 2. The van der Waals surface area contributed by atoms with Crippen molar-refractivity contribution in [2.24, 2.45) is 9.98 Å². The topological polar surface area (TPSA) is 103 Å². The highest BCUT2D eigenvalue weighted by Crippen LogP contribution is 1.93. The Labute approximate surface area is 75.2 Å². The van der Waals surface area contributed by atoms with Gasteiger partial charge in [-0.05, 0) is 13.3 Å². The minimum atomic E-state index is -0.102. The standard InChI is InChI=1S/C6H8N2O2.CHNO/c1-6(8-5-10)2-3-7-4-9;2-1-3/h6H,2-3H2,1H3;3H. The summed E-state index contributed by atoms with van der Waals surface area (Å²) in [6.45, 7) is 2.13. The van der Waals surface area contributed by atoms with Crippen LogP contribution in [0.25, 0.3) is 0 Å². The lowest BCUT2D eigenvalue weighted by atomic mass is 10.2. The molecule has 0 spiro atoms. The van der Waals surface area contributed by atoms with Gasteiger partial charge in [-0.25, -0.2) is 19.6 Å². The minimum Gasteiger partial charge on any atom is -0.443 e. The number of aliphatic imine (C=N–C) groups is 2. The molecule has 0 saturated carbocycles. The van der Waals surface area contributed by atoms with Crippen LogP contribution in [0.4, 0.5) is 0 Å². The maximum absolute atomic E-state index is 9.65. The number of hydrogen-bond acceptors (Lipinski definition) is 6. The van der Waals surface area contributed by atoms with Gasteiger partial charge in [0.05, 0.1) is 12.6 Å². The Morgan fingerprint density at radius 3 is 2.38 bits per heavy atom. The van der Waals surface area contributed by atoms with Crippen LogP contribution in [0.15, 0.2) is 9.98 Å². The molecule has 6 nitrogen and oxygen atoms in total. The fraction of sp³-hybridized carbons (Fsp3) is 0.571. The number of hydrogen-bond donors (Lipinski definition) is 1. The monoisotopic (exact) mass is 183 g/mol. The second-order valence-electron chi connectivity index (χ2n) is 1.93. The zero-order valence-electron chi connectivity index (χ0n) is 7.10. The number of rotatable bonds is 4. The van der Waals surface area contributed by atoms with Gasteiger partial charge in [0.15, 0.2) is 0 Å². The van der Waals surface area contributed by atoms with E-state index in [9.17, 15) is 9.59 Å². The summed E-state index contributed by atoms with van der Waals surface area (Å²) in [7, 11) is 0. The molecule has 0 aliphatic heterocycles. The summed E-state index contributed by atoms with van der Waals surface area (Å²) in [5.74, 6) is 0. The molecule has 0 aromatic carbocycles. The Hall–Kier alpha value is -1.95. The van der Waals surface area contributed by atoms with E-state index in [4.69, 9.17) is 10.4 Å². The third-order valence-corrected chi connectivity index (χ3v) is 0.996. The van der Waals surface area contributed by atoms with Gasteiger partial charge < -0.3 is 5.11 Å². The average Bonchev–Trinajstić information content (AvgIpc) is 2.07. The minimum absolute atomic E-state index is 0.102. The smallest absolute Gasteiger partial charge is 0.283 e. The van der Waals surface area contributed by atoms with Crippen LogP contribution in [0.2, 0.25) is 0 Å². The maximum atomic E-state index is 9.65. The van der Waals surface area contributed by atoms with Crippen LogP contribution < -0.4 is 0 Å². The molecular weight excluding hydrogens is 174 g/mol. The van der Waals surface area contributed by atoms with Crippen LogP contribution in [0.5, 0.6) is 0 Å². The van der Waals surface area contributed by atoms with Crippen molar-refractivity contribution in [1.29, 1.82) is 5.26 Å². The lowest BCUT2D eigenvalue weighted by Crippen LogP contribution is -1.98. The Kier molecular flexibility index (Phi) is 13.3. The van der Waals surface area contributed by atoms with Crippen molar-refractivity contribution in [3.63, 3.8) is 0 Å². The molecule has 0 aliphatic rings. The van der Waals surface area contributed by atoms with E-state index < -0.39 is 0 Å². The first-order valence-electron chi connectivity index (χ1n) is 3.36. The van der Waals surface area contributed by atoms with Crippen LogP contribution in [-0.2, 0) is 9.59 Å². The fourth-order valence-electron chi connectivity index (χ4n) is 0.452. The molecule has 0 heterocycles. The number of nitriles is 1. The Morgan fingerprint density at radius 1 is 1.46 bits per heavy atom. The third kappa shape index (κ3) is 17.8. The molecule has 6 heteroatoms. The first-order chi connectivity index (χ1) is 6.22. The lowest BCUT2D eigenvalue weighted by Gasteiger charge is -1.96. The van der Waals surface area contributed by atoms with Crippen molar-refractivity contribution in [2.75, 3.05) is 6.54 Å². The van der Waals surface area contributed by atoms with Crippen LogP contribution in [0.1, 0.15) is 13.3 Å². The molecule has 0 rings (SSSR count). The average molecular weight is 183 g/mol. The number of aliphatic hydroxyl groups is 1. The summed E-state index contributed by atoms with van der Waals surface area (Å²) in [4.78, 5) is 25.9. The molecular formula is C7H9N3O3. The summed E-state index contributed by atoms with van der Waals surface area (Å²) < 4.78 is 0. The van der Waals surface area contributed by atoms with Gasteiger partial charge in [0.1, 0.15) is 0 Å². The van der Waals surface area contributed by atoms with E-state index >= 15 is 0 Å². The van der Waals surface area contributed by atoms with Gasteiger partial charge in [-0.15, -0.1) is 0 Å². The van der Waals surface area contributed by atoms with Gasteiger partial charge in [0.25, 0.3) is 6.26 Å². The second kappa shape index (κ2) is 12.7. The van der Waals surface area contributed by atoms with E-state index in [1.807, 2.05) is 0 Å². The molecule has 0 aromatic heterocycles. The summed E-state index contributed by atoms with van der Waals surface area (Å²) in [5, 5.41) is 13.8. The molecule has 0 fully saturated rings. The highest BCUT2D eigenvalue weighted by Gasteiger charge is 1.95. The van der Waals surface area contributed by atoms with E-state index in [0.29, 0.717) is 13.0 Å². The summed E-state index contributed by atoms with van der Waals surface area (Å²) in [6.07, 6.45) is 4.17. The number of aliphatic hydroxyl groups excluding tert-OH is 1. The van der Waals surface area contributed by atoms with E-state index in [2.05, 4.69) is 9.98 Å². The van der Waals surface area contributed by atoms with E-state index in [1.165, 1.54) is 12.2 Å². The van der Waals surface area contributed by atoms with Crippen LogP contribution in [0, 0.1) is 11.5 Å². The van der Waals surface area contributed by atoms with Gasteiger partial charge in [0.2, 0.25) is 12.2 Å². The van der Waals surface area contributed by atoms with Crippen LogP contribution in [0.3, 0.4) is 0 Å². The molecule has 13 heavy (non-hydrogen) atoms. The van der Waals surface area contributed by atoms with Crippen LogP contribution >= 0.6 is 0 Å². The van der Waals surface area contributed by atoms with E-state index in [1.54, 1.807) is 6.92 Å². The zero-order valence-corrected chi connectivity index (χ0v) is 7.10. The van der Waals surface area contributed by atoms with Crippen molar-refractivity contribution >= 4 is 12.2 Å². The molecule has 1 N–H and O–H groups in total.